The number of nitrogens with zero attached hydrogens (tertiary/aromatic N) is 5. The van der Waals surface area contributed by atoms with Crippen LogP contribution in [-0.4, -0.2) is 32.2 Å². The monoisotopic (exact) mass is 388 g/mol. The van der Waals surface area contributed by atoms with E-state index in [9.17, 15) is 10.1 Å². The Morgan fingerprint density at radius 2 is 2.00 bits per heavy atom. The lowest BCUT2D eigenvalue weighted by Gasteiger charge is -2.21. The van der Waals surface area contributed by atoms with Gasteiger partial charge in [0.25, 0.3) is 0 Å². The standard InChI is InChI=1S/C21H20N6O2/c1-13(9-22)26-17-8-18(24-12-16(17)20(28)29-21(2,3)4)19-6-5-15-7-14(10-23)11-25-27(15)19/h5-8,11-13H,1-4H3,(H,24,26)/t13-/m1/s1. The van der Waals surface area contributed by atoms with Crippen molar-refractivity contribution in [3.05, 3.63) is 47.8 Å². The van der Waals surface area contributed by atoms with Gasteiger partial charge in [0, 0.05) is 6.20 Å². The summed E-state index contributed by atoms with van der Waals surface area (Å²) in [6.07, 6.45) is 2.90. The van der Waals surface area contributed by atoms with E-state index in [2.05, 4.69) is 27.5 Å². The van der Waals surface area contributed by atoms with E-state index < -0.39 is 17.6 Å². The molecule has 8 nitrogen and oxygen atoms in total. The Hall–Kier alpha value is -3.91. The van der Waals surface area contributed by atoms with E-state index >= 15 is 0 Å². The maximum Gasteiger partial charge on any atom is 0.342 e. The number of rotatable bonds is 4. The van der Waals surface area contributed by atoms with Crippen LogP contribution >= 0.6 is 0 Å². The van der Waals surface area contributed by atoms with E-state index in [0.717, 1.165) is 5.52 Å². The number of hydrogen-bond donors (Lipinski definition) is 1. The highest BCUT2D eigenvalue weighted by Gasteiger charge is 2.22. The summed E-state index contributed by atoms with van der Waals surface area (Å²) in [4.78, 5) is 17.0. The van der Waals surface area contributed by atoms with Crippen molar-refractivity contribution in [3.8, 4) is 23.5 Å². The van der Waals surface area contributed by atoms with Gasteiger partial charge in [-0.2, -0.15) is 15.6 Å². The molecular weight excluding hydrogens is 368 g/mol. The molecule has 0 aliphatic rings. The fourth-order valence-corrected chi connectivity index (χ4v) is 2.73. The average Bonchev–Trinajstić information content (AvgIpc) is 3.09. The lowest BCUT2D eigenvalue weighted by atomic mass is 10.1. The van der Waals surface area contributed by atoms with E-state index in [4.69, 9.17) is 10.00 Å². The highest BCUT2D eigenvalue weighted by molar-refractivity contribution is 5.96. The number of nitrogens with one attached hydrogen (secondary N) is 1. The van der Waals surface area contributed by atoms with Crippen LogP contribution in [0.1, 0.15) is 43.6 Å². The van der Waals surface area contributed by atoms with Crippen LogP contribution in [0, 0.1) is 22.7 Å². The molecule has 0 amide bonds. The molecule has 0 unspecified atom stereocenters. The van der Waals surface area contributed by atoms with Crippen LogP contribution in [0.4, 0.5) is 5.69 Å². The summed E-state index contributed by atoms with van der Waals surface area (Å²) in [5.74, 6) is -0.527. The smallest absolute Gasteiger partial charge is 0.342 e. The Morgan fingerprint density at radius 3 is 2.66 bits per heavy atom. The summed E-state index contributed by atoms with van der Waals surface area (Å²) in [7, 11) is 0. The van der Waals surface area contributed by atoms with Crippen LogP contribution in [-0.2, 0) is 4.74 Å². The highest BCUT2D eigenvalue weighted by Crippen LogP contribution is 2.27. The Kier molecular flexibility index (Phi) is 5.20. The van der Waals surface area contributed by atoms with Crippen LogP contribution in [0.3, 0.4) is 0 Å². The topological polar surface area (TPSA) is 116 Å². The van der Waals surface area contributed by atoms with Gasteiger partial charge in [-0.15, -0.1) is 0 Å². The van der Waals surface area contributed by atoms with Gasteiger partial charge in [0.15, 0.2) is 0 Å². The predicted molar refractivity (Wildman–Crippen MR) is 107 cm³/mol. The zero-order chi connectivity index (χ0) is 21.2. The fraction of sp³-hybridized carbons (Fsp3) is 0.286. The zero-order valence-electron chi connectivity index (χ0n) is 16.6. The van der Waals surface area contributed by atoms with Crippen molar-refractivity contribution in [2.24, 2.45) is 0 Å². The number of hydrogen-bond acceptors (Lipinski definition) is 7. The number of pyridine rings is 1. The first-order valence-corrected chi connectivity index (χ1v) is 8.99. The molecule has 0 aliphatic carbocycles. The molecule has 0 saturated heterocycles. The number of carbonyl (C=O) groups excluding carboxylic acids is 1. The molecule has 146 valence electrons. The molecule has 0 saturated carbocycles. The van der Waals surface area contributed by atoms with E-state index in [1.165, 1.54) is 12.4 Å². The van der Waals surface area contributed by atoms with Crippen LogP contribution in [0.5, 0.6) is 0 Å². The number of anilines is 1. The normalized spacial score (nSPS) is 12.1. The molecule has 1 N–H and O–H groups in total. The number of aromatic nitrogens is 3. The summed E-state index contributed by atoms with van der Waals surface area (Å²) >= 11 is 0. The van der Waals surface area contributed by atoms with Gasteiger partial charge in [0.05, 0.1) is 40.4 Å². The molecule has 0 spiro atoms. The SMILES string of the molecule is C[C@H](C#N)Nc1cc(-c2ccc3cc(C#N)cnn23)ncc1C(=O)OC(C)(C)C. The minimum absolute atomic E-state index is 0.242. The molecular formula is C21H20N6O2. The largest absolute Gasteiger partial charge is 0.456 e. The van der Waals surface area contributed by atoms with Gasteiger partial charge in [0.1, 0.15) is 23.3 Å². The molecule has 29 heavy (non-hydrogen) atoms. The third-order valence-electron chi connectivity index (χ3n) is 3.98. The molecule has 0 fully saturated rings. The molecule has 3 aromatic rings. The van der Waals surface area contributed by atoms with Gasteiger partial charge in [-0.1, -0.05) is 0 Å². The first-order valence-electron chi connectivity index (χ1n) is 8.99. The Balaban J connectivity index is 2.08. The molecule has 0 aliphatic heterocycles. The number of ether oxygens (including phenoxy) is 1. The Morgan fingerprint density at radius 1 is 1.24 bits per heavy atom. The molecule has 3 aromatic heterocycles. The maximum absolute atomic E-state index is 12.6. The lowest BCUT2D eigenvalue weighted by Crippen LogP contribution is -2.25. The lowest BCUT2D eigenvalue weighted by molar-refractivity contribution is 0.00702. The summed E-state index contributed by atoms with van der Waals surface area (Å²) in [6.45, 7) is 7.04. The number of esters is 1. The van der Waals surface area contributed by atoms with E-state index in [1.807, 2.05) is 12.1 Å². The highest BCUT2D eigenvalue weighted by atomic mass is 16.6. The van der Waals surface area contributed by atoms with E-state index in [-0.39, 0.29) is 5.56 Å². The Labute approximate surface area is 168 Å². The summed E-state index contributed by atoms with van der Waals surface area (Å²) in [6, 6.07) is 10.7. The second kappa shape index (κ2) is 7.61. The van der Waals surface area contributed by atoms with Gasteiger partial charge in [0.2, 0.25) is 0 Å². The van der Waals surface area contributed by atoms with Gasteiger partial charge in [-0.05, 0) is 52.0 Å². The average molecular weight is 388 g/mol. The Bertz CT molecular complexity index is 1160. The molecule has 0 radical (unpaired) electrons. The van der Waals surface area contributed by atoms with Crippen molar-refractivity contribution in [3.63, 3.8) is 0 Å². The first kappa shape index (κ1) is 19.8. The minimum Gasteiger partial charge on any atom is -0.456 e. The van der Waals surface area contributed by atoms with Crippen molar-refractivity contribution in [1.82, 2.24) is 14.6 Å². The van der Waals surface area contributed by atoms with Gasteiger partial charge in [-0.25, -0.2) is 9.31 Å². The van der Waals surface area contributed by atoms with Crippen molar-refractivity contribution >= 4 is 17.2 Å². The van der Waals surface area contributed by atoms with Crippen LogP contribution in [0.15, 0.2) is 36.7 Å². The number of fused-ring (bicyclic) bond motifs is 1. The first-order chi connectivity index (χ1) is 13.7. The summed E-state index contributed by atoms with van der Waals surface area (Å²) in [5, 5.41) is 25.5. The second-order valence-corrected chi connectivity index (χ2v) is 7.52. The van der Waals surface area contributed by atoms with Crippen LogP contribution < -0.4 is 5.32 Å². The molecule has 1 atom stereocenters. The third kappa shape index (κ3) is 4.33. The minimum atomic E-state index is -0.659. The van der Waals surface area contributed by atoms with Crippen molar-refractivity contribution in [1.29, 1.82) is 10.5 Å². The van der Waals surface area contributed by atoms with Gasteiger partial charge >= 0.3 is 5.97 Å². The quantitative estimate of drug-likeness (QED) is 0.679. The number of carbonyl (C=O) groups is 1. The summed E-state index contributed by atoms with van der Waals surface area (Å²) in [5.41, 5.74) is 2.48. The molecule has 3 rings (SSSR count). The summed E-state index contributed by atoms with van der Waals surface area (Å²) < 4.78 is 7.12. The van der Waals surface area contributed by atoms with Crippen LogP contribution in [0.2, 0.25) is 0 Å². The molecule has 0 aromatic carbocycles. The van der Waals surface area contributed by atoms with E-state index in [0.29, 0.717) is 22.6 Å². The molecule has 8 heteroatoms. The van der Waals surface area contributed by atoms with Crippen LogP contribution in [0.25, 0.3) is 16.9 Å². The molecule has 3 heterocycles. The van der Waals surface area contributed by atoms with Crippen molar-refractivity contribution in [2.75, 3.05) is 5.32 Å². The second-order valence-electron chi connectivity index (χ2n) is 7.52. The predicted octanol–water partition coefficient (Wildman–Crippen LogP) is 3.55. The fourth-order valence-electron chi connectivity index (χ4n) is 2.73. The van der Waals surface area contributed by atoms with Crippen molar-refractivity contribution in [2.45, 2.75) is 39.3 Å². The maximum atomic E-state index is 12.6. The van der Waals surface area contributed by atoms with Gasteiger partial charge in [-0.3, -0.25) is 4.98 Å². The molecule has 0 bridgehead atoms. The number of nitriles is 2. The zero-order valence-corrected chi connectivity index (χ0v) is 16.6. The van der Waals surface area contributed by atoms with Gasteiger partial charge < -0.3 is 10.1 Å². The van der Waals surface area contributed by atoms with E-state index in [1.54, 1.807) is 44.3 Å². The third-order valence-corrected chi connectivity index (χ3v) is 3.98. The van der Waals surface area contributed by atoms with Crippen molar-refractivity contribution < 1.29 is 9.53 Å².